The van der Waals surface area contributed by atoms with Crippen molar-refractivity contribution >= 4 is 199 Å². The van der Waals surface area contributed by atoms with E-state index in [1.807, 2.05) is 37.6 Å². The molecule has 8 aromatic heterocycles. The summed E-state index contributed by atoms with van der Waals surface area (Å²) in [4.78, 5) is 51.3. The van der Waals surface area contributed by atoms with Gasteiger partial charge in [0.2, 0.25) is 0 Å². The minimum atomic E-state index is -0.522. The second-order valence-corrected chi connectivity index (χ2v) is 32.4. The Bertz CT molecular complexity index is 4500. The van der Waals surface area contributed by atoms with Crippen LogP contribution >= 0.6 is 140 Å². The predicted molar refractivity (Wildman–Crippen MR) is 413 cm³/mol. The fraction of sp³-hybridized carbons (Fsp3) is 0.362. The number of halogens is 6. The first-order valence-electron chi connectivity index (χ1n) is 31.0. The number of fused-ring (bicyclic) bond motifs is 7. The van der Waals surface area contributed by atoms with E-state index in [1.54, 1.807) is 46.7 Å². The third-order valence-corrected chi connectivity index (χ3v) is 26.5. The molecule has 0 unspecified atom stereocenters. The van der Waals surface area contributed by atoms with Gasteiger partial charge in [-0.15, -0.1) is 69.3 Å². The summed E-state index contributed by atoms with van der Waals surface area (Å²) in [7, 11) is 0. The molecule has 3 atom stereocenters. The maximum absolute atomic E-state index is 12.7. The molecule has 96 heavy (non-hydrogen) atoms. The van der Waals surface area contributed by atoms with Gasteiger partial charge in [0.05, 0.1) is 43.8 Å². The number of ether oxygens (including phenoxy) is 1. The number of hydrogen-bond donors (Lipinski definition) is 4. The summed E-state index contributed by atoms with van der Waals surface area (Å²) in [6.07, 6.45) is 15.8. The van der Waals surface area contributed by atoms with Crippen LogP contribution in [0.25, 0.3) is 40.9 Å². The zero-order chi connectivity index (χ0) is 64.7. The van der Waals surface area contributed by atoms with Gasteiger partial charge in [-0.2, -0.15) is 0 Å². The van der Waals surface area contributed by atoms with E-state index < -0.39 is 5.60 Å². The van der Waals surface area contributed by atoms with E-state index in [4.69, 9.17) is 39.4 Å². The molecule has 6 N–H and O–H groups in total. The van der Waals surface area contributed by atoms with Gasteiger partial charge in [-0.25, -0.2) is 44.7 Å². The molecule has 504 valence electrons. The van der Waals surface area contributed by atoms with Crippen molar-refractivity contribution in [1.82, 2.24) is 50.5 Å². The number of thiophene rings is 4. The number of nitrogens with zero attached hydrogens (tertiary/aromatic N) is 10. The van der Waals surface area contributed by atoms with Gasteiger partial charge >= 0.3 is 6.09 Å². The number of aromatic nitrogens is 8. The number of rotatable bonds is 3. The number of carbonyl (C=O) groups excluding carboxylic acids is 1. The van der Waals surface area contributed by atoms with Crippen LogP contribution in [0, 0.1) is 23.7 Å². The third-order valence-electron chi connectivity index (χ3n) is 19.1. The number of nitrogens with two attached hydrogens (primary N) is 2. The molecule has 0 bridgehead atoms. The van der Waals surface area contributed by atoms with Crippen molar-refractivity contribution in [2.75, 3.05) is 49.1 Å². The second-order valence-electron chi connectivity index (χ2n) is 25.6. The van der Waals surface area contributed by atoms with E-state index in [1.165, 1.54) is 81.3 Å². The second kappa shape index (κ2) is 31.9. The number of nitrogens with one attached hydrogen (secondary N) is 2. The van der Waals surface area contributed by atoms with Crippen LogP contribution < -0.4 is 31.9 Å². The summed E-state index contributed by atoms with van der Waals surface area (Å²) < 4.78 is 12.8. The SMILES string of the molecule is CC(C)(C)OC(=O)N[C@@H]1c2ccccc2CC12CCN(c1ncnc3c(Br)csc13)CC2.Clc1ncnc2c(Br)csc12.Clc1ncnc2ccsc12.I.N[C@@H]1c2ccccc2CC12CCN(c1ncnc3c(Br)csc13)CC2.N[C@@H]1c2ccccc2CC12CCNCC2.[CH3-].[W]. The van der Waals surface area contributed by atoms with Gasteiger partial charge in [0.1, 0.15) is 69.4 Å². The monoisotopic (exact) mass is 1880 g/mol. The van der Waals surface area contributed by atoms with Crippen molar-refractivity contribution in [1.29, 1.82) is 0 Å². The first-order chi connectivity index (χ1) is 44.9. The average Bonchev–Trinajstić information content (AvgIpc) is 1.62. The zero-order valence-electron chi connectivity index (χ0n) is 53.2. The summed E-state index contributed by atoms with van der Waals surface area (Å²) in [6, 6.07) is 28.2. The molecule has 27 heteroatoms. The van der Waals surface area contributed by atoms with E-state index in [-0.39, 0.29) is 87.5 Å². The molecule has 3 saturated heterocycles. The van der Waals surface area contributed by atoms with Gasteiger partial charge in [0.25, 0.3) is 0 Å². The molecular weight excluding hydrogens is 1810 g/mol. The number of amides is 1. The van der Waals surface area contributed by atoms with Gasteiger partial charge in [0.15, 0.2) is 0 Å². The Hall–Kier alpha value is -3.99. The molecule has 0 radical (unpaired) electrons. The van der Waals surface area contributed by atoms with E-state index >= 15 is 0 Å². The Morgan fingerprint density at radius 1 is 0.562 bits per heavy atom. The van der Waals surface area contributed by atoms with Gasteiger partial charge in [-0.05, 0) is 195 Å². The van der Waals surface area contributed by atoms with Crippen LogP contribution in [0.3, 0.4) is 0 Å². The fourth-order valence-corrected chi connectivity index (χ4v) is 20.3. The Labute approximate surface area is 642 Å². The molecule has 16 nitrogen and oxygen atoms in total. The Kier molecular flexibility index (Phi) is 24.8. The van der Waals surface area contributed by atoms with Crippen LogP contribution in [0.5, 0.6) is 0 Å². The minimum Gasteiger partial charge on any atom is -0.444 e. The van der Waals surface area contributed by atoms with Crippen molar-refractivity contribution in [3.05, 3.63) is 190 Å². The van der Waals surface area contributed by atoms with Crippen molar-refractivity contribution in [2.24, 2.45) is 27.7 Å². The largest absolute Gasteiger partial charge is 0.444 e. The van der Waals surface area contributed by atoms with Gasteiger partial charge in [-0.1, -0.05) is 96.0 Å². The van der Waals surface area contributed by atoms with Gasteiger partial charge in [-0.3, -0.25) is 0 Å². The number of alkyl carbamates (subject to hydrolysis) is 1. The first-order valence-corrected chi connectivity index (χ1v) is 37.6. The number of piperidine rings is 3. The minimum absolute atomic E-state index is 0. The van der Waals surface area contributed by atoms with E-state index in [0.29, 0.717) is 15.7 Å². The molecular formula is C69H73Br3Cl2IN14O2S4W-. The smallest absolute Gasteiger partial charge is 0.408 e. The number of carbonyl (C=O) groups is 1. The van der Waals surface area contributed by atoms with Crippen LogP contribution in [0.1, 0.15) is 111 Å². The molecule has 3 aliphatic carbocycles. The standard InChI is InChI=1S/C24H27BrN4O2S.C19H19BrN4S.C13H18N2.C6H2BrClN2S.C6H3ClN2S.CH3.HI.W/c1-23(2,3)31-22(30)28-20-16-7-5-4-6-15(16)12-24(20)8-10-29(11-9-24)21-19-18(26-14-27-21)17(25)13-32-19;20-14-10-25-16-15(14)22-11-23-18(16)24-7-5-19(6-8-24)9-12-3-1-2-4-13(12)17(19)21;14-12-11-4-2-1-3-10(11)9-13(12)5-7-15-8-6-13;7-3-1-11-5-4(3)9-2-10-6(5)8;7-6-5-4(1-2-10-5)8-3-9-6;;;/h4-7,13-14,20H,8-12H2,1-3H3,(H,28,30);1-4,10-11,17H,5-9,21H2;1-4,12,15H,5-9,14H2;1-2H;1-3H;1H3;1H;/q;;;;;-1;;/t20-;17-;12-;;;;;/m111...../s1. The summed E-state index contributed by atoms with van der Waals surface area (Å²) in [6.45, 7) is 11.7. The summed E-state index contributed by atoms with van der Waals surface area (Å²) >= 11 is 28.6. The molecule has 0 saturated carbocycles. The average molecular weight is 1880 g/mol. The van der Waals surface area contributed by atoms with E-state index in [0.717, 1.165) is 139 Å². The molecule has 3 aliphatic heterocycles. The number of benzene rings is 3. The summed E-state index contributed by atoms with van der Waals surface area (Å²) in [5.74, 6) is 2.08. The Balaban J connectivity index is 0.000000138. The normalized spacial score (nSPS) is 19.0. The predicted octanol–water partition coefficient (Wildman–Crippen LogP) is 18.3. The number of hydrogen-bond acceptors (Lipinski definition) is 19. The van der Waals surface area contributed by atoms with Gasteiger partial charge < -0.3 is 44.1 Å². The van der Waals surface area contributed by atoms with E-state index in [2.05, 4.69) is 192 Å². The molecule has 3 fully saturated rings. The quantitative estimate of drug-likeness (QED) is 0.0736. The number of anilines is 2. The van der Waals surface area contributed by atoms with Crippen LogP contribution in [0.2, 0.25) is 10.3 Å². The Morgan fingerprint density at radius 2 is 0.969 bits per heavy atom. The van der Waals surface area contributed by atoms with Crippen LogP contribution in [0.4, 0.5) is 16.4 Å². The molecule has 6 aliphatic rings. The molecule has 11 aromatic rings. The van der Waals surface area contributed by atoms with Crippen LogP contribution in [-0.4, -0.2) is 90.8 Å². The molecule has 1 amide bonds. The van der Waals surface area contributed by atoms with Crippen LogP contribution in [-0.2, 0) is 45.1 Å². The molecule has 11 heterocycles. The van der Waals surface area contributed by atoms with Crippen molar-refractivity contribution < 1.29 is 30.6 Å². The van der Waals surface area contributed by atoms with Crippen molar-refractivity contribution in [3.63, 3.8) is 0 Å². The van der Waals surface area contributed by atoms with Crippen molar-refractivity contribution in [3.8, 4) is 0 Å². The zero-order valence-corrected chi connectivity index (χ0v) is 68.0. The topological polar surface area (TPSA) is 212 Å². The fourth-order valence-electron chi connectivity index (χ4n) is 14.4. The maximum Gasteiger partial charge on any atom is 0.408 e. The molecule has 3 aromatic carbocycles. The summed E-state index contributed by atoms with van der Waals surface area (Å²) in [5.41, 5.74) is 25.1. The summed E-state index contributed by atoms with van der Waals surface area (Å²) in [5, 5.41) is 15.8. The Morgan fingerprint density at radius 3 is 1.45 bits per heavy atom. The maximum atomic E-state index is 12.7. The van der Waals surface area contributed by atoms with Crippen molar-refractivity contribution in [2.45, 2.75) is 102 Å². The van der Waals surface area contributed by atoms with E-state index in [9.17, 15) is 4.79 Å². The third kappa shape index (κ3) is 15.6. The van der Waals surface area contributed by atoms with Crippen LogP contribution in [0.15, 0.2) is 139 Å². The van der Waals surface area contributed by atoms with Gasteiger partial charge in [0, 0.05) is 80.9 Å². The molecule has 17 rings (SSSR count). The first kappa shape index (κ1) is 74.7. The molecule has 3 spiro atoms.